The van der Waals surface area contributed by atoms with Crippen LogP contribution in [0.3, 0.4) is 0 Å². The molecule has 7 nitrogen and oxygen atoms in total. The summed E-state index contributed by atoms with van der Waals surface area (Å²) < 4.78 is 1.54. The molecular formula is C26H24N4O3. The molecule has 33 heavy (non-hydrogen) atoms. The molecular weight excluding hydrogens is 416 g/mol. The van der Waals surface area contributed by atoms with Crippen LogP contribution < -0.4 is 16.1 Å². The number of para-hydroxylation sites is 1. The highest BCUT2D eigenvalue weighted by atomic mass is 16.2. The van der Waals surface area contributed by atoms with Crippen LogP contribution in [0.4, 0.5) is 11.4 Å². The van der Waals surface area contributed by atoms with Gasteiger partial charge in [-0.2, -0.15) is 0 Å². The monoisotopic (exact) mass is 440 g/mol. The van der Waals surface area contributed by atoms with Crippen molar-refractivity contribution in [2.75, 3.05) is 10.6 Å². The second-order valence-electron chi connectivity index (χ2n) is 8.01. The minimum absolute atomic E-state index is 0.0571. The molecule has 2 heterocycles. The second kappa shape index (κ2) is 9.08. The summed E-state index contributed by atoms with van der Waals surface area (Å²) >= 11 is 0. The standard InChI is InChI=1S/C26H24N4O3/c1-16-7-6-9-19(13-16)28-26(33)21-14-30(25-20(24(21)32)12-11-18(3)27-25)15-23(31)29-22-10-5-4-8-17(22)2/h4-14H,15H2,1-3H3,(H,28,33)(H,29,31). The Bertz CT molecular complexity index is 1440. The number of pyridine rings is 2. The summed E-state index contributed by atoms with van der Waals surface area (Å²) in [5.74, 6) is -0.830. The van der Waals surface area contributed by atoms with Crippen LogP contribution in [0.25, 0.3) is 11.0 Å². The van der Waals surface area contributed by atoms with Crippen LogP contribution in [-0.2, 0) is 11.3 Å². The van der Waals surface area contributed by atoms with Crippen molar-refractivity contribution in [2.45, 2.75) is 27.3 Å². The lowest BCUT2D eigenvalue weighted by molar-refractivity contribution is -0.116. The van der Waals surface area contributed by atoms with Crippen LogP contribution in [0.2, 0.25) is 0 Å². The van der Waals surface area contributed by atoms with E-state index in [1.807, 2.05) is 56.3 Å². The predicted octanol–water partition coefficient (Wildman–Crippen LogP) is 4.21. The molecule has 166 valence electrons. The number of hydrogen-bond acceptors (Lipinski definition) is 4. The van der Waals surface area contributed by atoms with E-state index in [1.165, 1.54) is 6.20 Å². The van der Waals surface area contributed by atoms with E-state index in [4.69, 9.17) is 0 Å². The molecule has 0 saturated carbocycles. The van der Waals surface area contributed by atoms with Crippen LogP contribution in [-0.4, -0.2) is 21.4 Å². The Morgan fingerprint density at radius 3 is 2.48 bits per heavy atom. The van der Waals surface area contributed by atoms with Gasteiger partial charge in [0.1, 0.15) is 17.8 Å². The lowest BCUT2D eigenvalue weighted by atomic mass is 10.1. The molecule has 0 aliphatic heterocycles. The molecule has 0 aliphatic carbocycles. The van der Waals surface area contributed by atoms with Crippen LogP contribution >= 0.6 is 0 Å². The highest BCUT2D eigenvalue weighted by Gasteiger charge is 2.18. The van der Waals surface area contributed by atoms with Crippen molar-refractivity contribution in [1.82, 2.24) is 9.55 Å². The number of anilines is 2. The third kappa shape index (κ3) is 4.82. The van der Waals surface area contributed by atoms with Gasteiger partial charge in [-0.3, -0.25) is 14.4 Å². The molecule has 4 aromatic rings. The molecule has 0 bridgehead atoms. The van der Waals surface area contributed by atoms with Gasteiger partial charge in [-0.25, -0.2) is 4.98 Å². The van der Waals surface area contributed by atoms with Crippen molar-refractivity contribution in [3.05, 3.63) is 99.5 Å². The van der Waals surface area contributed by atoms with Gasteiger partial charge in [0, 0.05) is 23.3 Å². The summed E-state index contributed by atoms with van der Waals surface area (Å²) in [4.78, 5) is 43.4. The smallest absolute Gasteiger partial charge is 0.261 e. The number of nitrogens with zero attached hydrogens (tertiary/aromatic N) is 2. The number of aryl methyl sites for hydroxylation is 3. The Hall–Kier alpha value is -4.26. The van der Waals surface area contributed by atoms with E-state index in [9.17, 15) is 14.4 Å². The third-order valence-corrected chi connectivity index (χ3v) is 5.31. The highest BCUT2D eigenvalue weighted by molar-refractivity contribution is 6.05. The number of carbonyl (C=O) groups excluding carboxylic acids is 2. The van der Waals surface area contributed by atoms with E-state index in [0.29, 0.717) is 22.7 Å². The number of carbonyl (C=O) groups is 2. The van der Waals surface area contributed by atoms with E-state index in [1.54, 1.807) is 29.7 Å². The molecule has 2 aromatic carbocycles. The van der Waals surface area contributed by atoms with Gasteiger partial charge in [0.15, 0.2) is 0 Å². The lowest BCUT2D eigenvalue weighted by Gasteiger charge is -2.14. The molecule has 0 spiro atoms. The third-order valence-electron chi connectivity index (χ3n) is 5.31. The first-order chi connectivity index (χ1) is 15.8. The molecule has 2 N–H and O–H groups in total. The molecule has 4 rings (SSSR count). The van der Waals surface area contributed by atoms with Crippen LogP contribution in [0.5, 0.6) is 0 Å². The van der Waals surface area contributed by atoms with Crippen molar-refractivity contribution >= 4 is 34.2 Å². The highest BCUT2D eigenvalue weighted by Crippen LogP contribution is 2.16. The maximum atomic E-state index is 13.1. The van der Waals surface area contributed by atoms with Gasteiger partial charge in [-0.05, 0) is 62.2 Å². The van der Waals surface area contributed by atoms with E-state index in [2.05, 4.69) is 15.6 Å². The average molecular weight is 441 g/mol. The Balaban J connectivity index is 1.72. The number of amides is 2. The summed E-state index contributed by atoms with van der Waals surface area (Å²) in [5, 5.41) is 5.93. The van der Waals surface area contributed by atoms with E-state index in [0.717, 1.165) is 11.1 Å². The Kier molecular flexibility index (Phi) is 6.04. The van der Waals surface area contributed by atoms with Gasteiger partial charge < -0.3 is 15.2 Å². The normalized spacial score (nSPS) is 10.8. The van der Waals surface area contributed by atoms with Crippen molar-refractivity contribution < 1.29 is 9.59 Å². The maximum absolute atomic E-state index is 13.1. The quantitative estimate of drug-likeness (QED) is 0.486. The largest absolute Gasteiger partial charge is 0.324 e. The number of hydrogen-bond donors (Lipinski definition) is 2. The zero-order chi connectivity index (χ0) is 23.5. The van der Waals surface area contributed by atoms with Crippen molar-refractivity contribution in [1.29, 1.82) is 0 Å². The molecule has 0 fully saturated rings. The number of fused-ring (bicyclic) bond motifs is 1. The molecule has 2 amide bonds. The fourth-order valence-corrected chi connectivity index (χ4v) is 3.62. The average Bonchev–Trinajstić information content (AvgIpc) is 2.77. The molecule has 0 unspecified atom stereocenters. The van der Waals surface area contributed by atoms with Gasteiger partial charge >= 0.3 is 0 Å². The molecule has 7 heteroatoms. The first kappa shape index (κ1) is 22.0. The maximum Gasteiger partial charge on any atom is 0.261 e. The predicted molar refractivity (Wildman–Crippen MR) is 130 cm³/mol. The van der Waals surface area contributed by atoms with Gasteiger partial charge in [0.2, 0.25) is 11.3 Å². The first-order valence-electron chi connectivity index (χ1n) is 10.6. The number of nitrogens with one attached hydrogen (secondary N) is 2. The molecule has 2 aromatic heterocycles. The first-order valence-corrected chi connectivity index (χ1v) is 10.6. The molecule has 0 radical (unpaired) electrons. The fourth-order valence-electron chi connectivity index (χ4n) is 3.62. The Labute approximate surface area is 191 Å². The topological polar surface area (TPSA) is 93.1 Å². The van der Waals surface area contributed by atoms with Gasteiger partial charge in [-0.1, -0.05) is 30.3 Å². The summed E-state index contributed by atoms with van der Waals surface area (Å²) in [6.45, 7) is 5.52. The van der Waals surface area contributed by atoms with Crippen molar-refractivity contribution in [3.8, 4) is 0 Å². The van der Waals surface area contributed by atoms with Gasteiger partial charge in [0.25, 0.3) is 5.91 Å². The molecule has 0 aliphatic rings. The van der Waals surface area contributed by atoms with E-state index < -0.39 is 11.3 Å². The van der Waals surface area contributed by atoms with Crippen LogP contribution in [0, 0.1) is 20.8 Å². The molecule has 0 atom stereocenters. The second-order valence-corrected chi connectivity index (χ2v) is 8.01. The SMILES string of the molecule is Cc1cccc(NC(=O)c2cn(CC(=O)Nc3ccccc3C)c3nc(C)ccc3c2=O)c1. The summed E-state index contributed by atoms with van der Waals surface area (Å²) in [7, 11) is 0. The minimum atomic E-state index is -0.541. The van der Waals surface area contributed by atoms with Gasteiger partial charge in [0.05, 0.1) is 5.39 Å². The van der Waals surface area contributed by atoms with E-state index in [-0.39, 0.29) is 23.4 Å². The van der Waals surface area contributed by atoms with Crippen LogP contribution in [0.15, 0.2) is 71.7 Å². The van der Waals surface area contributed by atoms with E-state index >= 15 is 0 Å². The fraction of sp³-hybridized carbons (Fsp3) is 0.154. The summed E-state index contributed by atoms with van der Waals surface area (Å²) in [5.41, 5.74) is 3.77. The summed E-state index contributed by atoms with van der Waals surface area (Å²) in [6, 6.07) is 18.1. The zero-order valence-corrected chi connectivity index (χ0v) is 18.7. The van der Waals surface area contributed by atoms with Crippen molar-refractivity contribution in [2.24, 2.45) is 0 Å². The van der Waals surface area contributed by atoms with Crippen molar-refractivity contribution in [3.63, 3.8) is 0 Å². The number of aromatic nitrogens is 2. The summed E-state index contributed by atoms with van der Waals surface area (Å²) in [6.07, 6.45) is 1.40. The Morgan fingerprint density at radius 2 is 1.73 bits per heavy atom. The number of rotatable bonds is 5. The minimum Gasteiger partial charge on any atom is -0.324 e. The Morgan fingerprint density at radius 1 is 0.939 bits per heavy atom. The van der Waals surface area contributed by atoms with Gasteiger partial charge in [-0.15, -0.1) is 0 Å². The molecule has 0 saturated heterocycles. The van der Waals surface area contributed by atoms with Crippen LogP contribution in [0.1, 0.15) is 27.2 Å². The zero-order valence-electron chi connectivity index (χ0n) is 18.7. The lowest BCUT2D eigenvalue weighted by Crippen LogP contribution is -2.27. The number of benzene rings is 2.